The molecule has 0 aliphatic heterocycles. The lowest BCUT2D eigenvalue weighted by Gasteiger charge is -2.43. The van der Waals surface area contributed by atoms with Crippen molar-refractivity contribution >= 4 is 0 Å². The normalized spacial score (nSPS) is 24.1. The molecule has 0 saturated heterocycles. The molecule has 1 fully saturated rings. The molecule has 1 aliphatic rings. The van der Waals surface area contributed by atoms with Crippen molar-refractivity contribution in [1.82, 2.24) is 0 Å². The van der Waals surface area contributed by atoms with Gasteiger partial charge in [0, 0.05) is 0 Å². The summed E-state index contributed by atoms with van der Waals surface area (Å²) in [7, 11) is 0. The van der Waals surface area contributed by atoms with Crippen LogP contribution in [0.1, 0.15) is 91.9 Å². The molecule has 18 heavy (non-hydrogen) atoms. The van der Waals surface area contributed by atoms with Crippen LogP contribution in [0, 0.1) is 10.8 Å². The Morgan fingerprint density at radius 1 is 0.833 bits per heavy atom. The van der Waals surface area contributed by atoms with E-state index in [4.69, 9.17) is 0 Å². The molecule has 0 radical (unpaired) electrons. The first-order chi connectivity index (χ1) is 8.35. The third-order valence-electron chi connectivity index (χ3n) is 5.33. The van der Waals surface area contributed by atoms with Crippen LogP contribution in [0.3, 0.4) is 0 Å². The number of rotatable bonds is 0. The van der Waals surface area contributed by atoms with Gasteiger partial charge in [-0.25, -0.2) is 0 Å². The maximum atomic E-state index is 4.21. The molecule has 106 valence electrons. The molecular weight excluding hydrogens is 216 g/mol. The Kier molecular flexibility index (Phi) is 5.95. The average molecular weight is 250 g/mol. The van der Waals surface area contributed by atoms with Crippen molar-refractivity contribution in [3.8, 4) is 0 Å². The van der Waals surface area contributed by atoms with Crippen LogP contribution in [0.15, 0.2) is 12.2 Å². The van der Waals surface area contributed by atoms with E-state index in [9.17, 15) is 0 Å². The van der Waals surface area contributed by atoms with E-state index in [0.717, 1.165) is 0 Å². The molecule has 0 amide bonds. The molecule has 1 rings (SSSR count). The van der Waals surface area contributed by atoms with Gasteiger partial charge in [-0.1, -0.05) is 65.5 Å². The van der Waals surface area contributed by atoms with Gasteiger partial charge in [0.1, 0.15) is 0 Å². The fraction of sp³-hybridized carbons (Fsp3) is 0.889. The van der Waals surface area contributed by atoms with Gasteiger partial charge in [-0.05, 0) is 49.4 Å². The molecule has 0 heteroatoms. The van der Waals surface area contributed by atoms with Gasteiger partial charge in [0.25, 0.3) is 0 Å². The highest BCUT2D eigenvalue weighted by molar-refractivity contribution is 4.94. The summed E-state index contributed by atoms with van der Waals surface area (Å²) in [6.45, 7) is 14.0. The van der Waals surface area contributed by atoms with Gasteiger partial charge in [0.05, 0.1) is 0 Å². The van der Waals surface area contributed by atoms with E-state index in [0.29, 0.717) is 10.8 Å². The summed E-state index contributed by atoms with van der Waals surface area (Å²) >= 11 is 0. The van der Waals surface area contributed by atoms with Crippen molar-refractivity contribution in [2.75, 3.05) is 0 Å². The Labute approximate surface area is 115 Å². The number of hydrogen-bond donors (Lipinski definition) is 0. The molecule has 0 N–H and O–H groups in total. The van der Waals surface area contributed by atoms with Crippen molar-refractivity contribution in [3.05, 3.63) is 12.2 Å². The Morgan fingerprint density at radius 2 is 1.28 bits per heavy atom. The first-order valence-electron chi connectivity index (χ1n) is 8.02. The predicted molar refractivity (Wildman–Crippen MR) is 82.9 cm³/mol. The molecule has 0 bridgehead atoms. The summed E-state index contributed by atoms with van der Waals surface area (Å²) < 4.78 is 0. The molecular formula is C18H34. The third kappa shape index (κ3) is 4.78. The van der Waals surface area contributed by atoms with Crippen LogP contribution in [-0.2, 0) is 0 Å². The second-order valence-electron chi connectivity index (χ2n) is 7.68. The van der Waals surface area contributed by atoms with Gasteiger partial charge >= 0.3 is 0 Å². The number of allylic oxidation sites excluding steroid dienone is 1. The van der Waals surface area contributed by atoms with Gasteiger partial charge in [0.15, 0.2) is 0 Å². The average Bonchev–Trinajstić information content (AvgIpc) is 2.25. The van der Waals surface area contributed by atoms with E-state index in [1.54, 1.807) is 0 Å². The van der Waals surface area contributed by atoms with E-state index in [1.807, 2.05) is 0 Å². The van der Waals surface area contributed by atoms with Gasteiger partial charge in [-0.15, -0.1) is 0 Å². The highest BCUT2D eigenvalue weighted by Gasteiger charge is 2.35. The molecule has 0 aromatic rings. The standard InChI is InChI=1S/C18H34/c1-16-12-8-6-10-14-18(5,17(2,3)4)15-11-7-9-13-16/h1,6-15H2,2-5H3. The van der Waals surface area contributed by atoms with Gasteiger partial charge < -0.3 is 0 Å². The van der Waals surface area contributed by atoms with Crippen molar-refractivity contribution < 1.29 is 0 Å². The minimum atomic E-state index is 0.445. The van der Waals surface area contributed by atoms with E-state index in [1.165, 1.54) is 69.8 Å². The van der Waals surface area contributed by atoms with Crippen molar-refractivity contribution in [2.24, 2.45) is 10.8 Å². The quantitative estimate of drug-likeness (QED) is 0.430. The molecule has 0 spiro atoms. The lowest BCUT2D eigenvalue weighted by molar-refractivity contribution is 0.0775. The van der Waals surface area contributed by atoms with Crippen LogP contribution in [0.25, 0.3) is 0 Å². The van der Waals surface area contributed by atoms with Gasteiger partial charge in [0.2, 0.25) is 0 Å². The lowest BCUT2D eigenvalue weighted by Crippen LogP contribution is -2.32. The largest absolute Gasteiger partial charge is 0.0999 e. The van der Waals surface area contributed by atoms with Gasteiger partial charge in [-0.3, -0.25) is 0 Å². The van der Waals surface area contributed by atoms with E-state index >= 15 is 0 Å². The second kappa shape index (κ2) is 6.78. The Bertz CT molecular complexity index is 238. The van der Waals surface area contributed by atoms with E-state index in [2.05, 4.69) is 34.3 Å². The molecule has 0 unspecified atom stereocenters. The molecule has 0 heterocycles. The first-order valence-corrected chi connectivity index (χ1v) is 8.02. The summed E-state index contributed by atoms with van der Waals surface area (Å²) in [5, 5.41) is 0. The zero-order valence-electron chi connectivity index (χ0n) is 13.3. The fourth-order valence-corrected chi connectivity index (χ4v) is 3.13. The van der Waals surface area contributed by atoms with Crippen molar-refractivity contribution in [3.63, 3.8) is 0 Å². The smallest absolute Gasteiger partial charge is 0.0277 e. The molecule has 0 atom stereocenters. The van der Waals surface area contributed by atoms with Crippen LogP contribution in [0.4, 0.5) is 0 Å². The SMILES string of the molecule is C=C1CCCCCC(C)(C(C)(C)C)CCCCC1. The summed E-state index contributed by atoms with van der Waals surface area (Å²) in [5.41, 5.74) is 2.47. The van der Waals surface area contributed by atoms with Crippen LogP contribution in [-0.4, -0.2) is 0 Å². The van der Waals surface area contributed by atoms with Crippen molar-refractivity contribution in [1.29, 1.82) is 0 Å². The molecule has 0 nitrogen and oxygen atoms in total. The van der Waals surface area contributed by atoms with E-state index < -0.39 is 0 Å². The minimum Gasteiger partial charge on any atom is -0.0999 e. The predicted octanol–water partition coefficient (Wildman–Crippen LogP) is 6.51. The zero-order valence-corrected chi connectivity index (χ0v) is 13.3. The molecule has 1 aliphatic carbocycles. The summed E-state index contributed by atoms with van der Waals surface area (Å²) in [6.07, 6.45) is 13.7. The monoisotopic (exact) mass is 250 g/mol. The Balaban J connectivity index is 2.58. The summed E-state index contributed by atoms with van der Waals surface area (Å²) in [6, 6.07) is 0. The molecule has 0 aromatic carbocycles. The highest BCUT2D eigenvalue weighted by atomic mass is 14.4. The fourth-order valence-electron chi connectivity index (χ4n) is 3.13. The van der Waals surface area contributed by atoms with Crippen LogP contribution in [0.2, 0.25) is 0 Å². The maximum Gasteiger partial charge on any atom is -0.0277 e. The van der Waals surface area contributed by atoms with Gasteiger partial charge in [-0.2, -0.15) is 0 Å². The topological polar surface area (TPSA) is 0 Å². The first kappa shape index (κ1) is 15.8. The molecule has 0 aromatic heterocycles. The summed E-state index contributed by atoms with van der Waals surface area (Å²) in [5.74, 6) is 0. The Morgan fingerprint density at radius 3 is 1.67 bits per heavy atom. The highest BCUT2D eigenvalue weighted by Crippen LogP contribution is 2.46. The molecule has 1 saturated carbocycles. The second-order valence-corrected chi connectivity index (χ2v) is 7.68. The van der Waals surface area contributed by atoms with Crippen LogP contribution >= 0.6 is 0 Å². The Hall–Kier alpha value is -0.260. The van der Waals surface area contributed by atoms with Crippen LogP contribution < -0.4 is 0 Å². The van der Waals surface area contributed by atoms with Crippen molar-refractivity contribution in [2.45, 2.75) is 91.9 Å². The minimum absolute atomic E-state index is 0.445. The zero-order chi connectivity index (χ0) is 13.6. The third-order valence-corrected chi connectivity index (χ3v) is 5.33. The number of hydrogen-bond acceptors (Lipinski definition) is 0. The van der Waals surface area contributed by atoms with E-state index in [-0.39, 0.29) is 0 Å². The summed E-state index contributed by atoms with van der Waals surface area (Å²) in [4.78, 5) is 0. The maximum absolute atomic E-state index is 4.21. The lowest BCUT2D eigenvalue weighted by atomic mass is 9.62. The van der Waals surface area contributed by atoms with Crippen LogP contribution in [0.5, 0.6) is 0 Å².